The van der Waals surface area contributed by atoms with Gasteiger partial charge >= 0.3 is 0 Å². The monoisotopic (exact) mass is 260 g/mol. The summed E-state index contributed by atoms with van der Waals surface area (Å²) in [5.74, 6) is 0.441. The van der Waals surface area contributed by atoms with Gasteiger partial charge in [-0.1, -0.05) is 6.07 Å². The molecule has 0 bridgehead atoms. The molecule has 4 heteroatoms. The van der Waals surface area contributed by atoms with Crippen LogP contribution in [0, 0.1) is 13.8 Å². The molecule has 2 N–H and O–H groups in total. The standard InChI is InChI=1S/C14H16N2OS/c1-10-4-3-7-16-14(10)9-18(17)12-5-6-13(15)11(2)8-12/h3-8H,9,15H2,1-2H3. The number of aryl methyl sites for hydroxylation is 2. The van der Waals surface area contributed by atoms with E-state index in [1.165, 1.54) is 0 Å². The zero-order valence-corrected chi connectivity index (χ0v) is 11.3. The fourth-order valence-corrected chi connectivity index (χ4v) is 2.91. The van der Waals surface area contributed by atoms with Crippen molar-refractivity contribution in [2.75, 3.05) is 5.73 Å². The van der Waals surface area contributed by atoms with Crippen molar-refractivity contribution in [2.24, 2.45) is 0 Å². The van der Waals surface area contributed by atoms with Crippen LogP contribution in [-0.4, -0.2) is 9.19 Å². The number of hydrogen-bond donors (Lipinski definition) is 1. The Morgan fingerprint density at radius 2 is 2.00 bits per heavy atom. The molecule has 18 heavy (non-hydrogen) atoms. The van der Waals surface area contributed by atoms with E-state index in [0.29, 0.717) is 5.75 Å². The van der Waals surface area contributed by atoms with Crippen LogP contribution in [0.1, 0.15) is 16.8 Å². The Labute approximate surface area is 110 Å². The van der Waals surface area contributed by atoms with Gasteiger partial charge in [-0.15, -0.1) is 0 Å². The number of nitrogen functional groups attached to an aromatic ring is 1. The highest BCUT2D eigenvalue weighted by molar-refractivity contribution is 7.84. The first-order chi connectivity index (χ1) is 8.58. The van der Waals surface area contributed by atoms with E-state index in [1.54, 1.807) is 12.3 Å². The highest BCUT2D eigenvalue weighted by Gasteiger charge is 2.09. The van der Waals surface area contributed by atoms with Crippen molar-refractivity contribution < 1.29 is 4.21 Å². The second-order valence-electron chi connectivity index (χ2n) is 4.28. The highest BCUT2D eigenvalue weighted by Crippen LogP contribution is 2.18. The zero-order chi connectivity index (χ0) is 13.1. The molecule has 0 saturated heterocycles. The summed E-state index contributed by atoms with van der Waals surface area (Å²) in [6.07, 6.45) is 1.73. The molecular formula is C14H16N2OS. The normalized spacial score (nSPS) is 12.3. The molecule has 1 unspecified atom stereocenters. The molecule has 1 aromatic carbocycles. The number of pyridine rings is 1. The maximum Gasteiger partial charge on any atom is 0.0708 e. The minimum Gasteiger partial charge on any atom is -0.399 e. The number of rotatable bonds is 3. The third-order valence-electron chi connectivity index (χ3n) is 2.89. The van der Waals surface area contributed by atoms with E-state index in [2.05, 4.69) is 4.98 Å². The van der Waals surface area contributed by atoms with Crippen LogP contribution in [-0.2, 0) is 16.6 Å². The van der Waals surface area contributed by atoms with Crippen LogP contribution >= 0.6 is 0 Å². The van der Waals surface area contributed by atoms with Crippen LogP contribution in [0.25, 0.3) is 0 Å². The molecule has 1 aromatic heterocycles. The average molecular weight is 260 g/mol. The van der Waals surface area contributed by atoms with Crippen molar-refractivity contribution in [1.82, 2.24) is 4.98 Å². The molecule has 94 valence electrons. The van der Waals surface area contributed by atoms with Gasteiger partial charge in [-0.3, -0.25) is 9.19 Å². The van der Waals surface area contributed by atoms with Gasteiger partial charge in [-0.25, -0.2) is 0 Å². The lowest BCUT2D eigenvalue weighted by Gasteiger charge is -2.06. The largest absolute Gasteiger partial charge is 0.399 e. The molecule has 1 heterocycles. The average Bonchev–Trinajstić information content (AvgIpc) is 2.35. The quantitative estimate of drug-likeness (QED) is 0.863. The fourth-order valence-electron chi connectivity index (χ4n) is 1.67. The predicted molar refractivity (Wildman–Crippen MR) is 74.7 cm³/mol. The first-order valence-electron chi connectivity index (χ1n) is 5.73. The Bertz CT molecular complexity index is 596. The first kappa shape index (κ1) is 12.8. The molecule has 2 aromatic rings. The number of benzene rings is 1. The zero-order valence-electron chi connectivity index (χ0n) is 10.5. The first-order valence-corrected chi connectivity index (χ1v) is 7.05. The van der Waals surface area contributed by atoms with Gasteiger partial charge < -0.3 is 5.73 Å². The second-order valence-corrected chi connectivity index (χ2v) is 5.73. The molecule has 0 aliphatic heterocycles. The Hall–Kier alpha value is -1.68. The van der Waals surface area contributed by atoms with Crippen molar-refractivity contribution in [3.8, 4) is 0 Å². The van der Waals surface area contributed by atoms with Crippen LogP contribution < -0.4 is 5.73 Å². The van der Waals surface area contributed by atoms with E-state index in [4.69, 9.17) is 5.73 Å². The molecule has 2 rings (SSSR count). The van der Waals surface area contributed by atoms with Gasteiger partial charge in [0.2, 0.25) is 0 Å². The lowest BCUT2D eigenvalue weighted by Crippen LogP contribution is -2.01. The van der Waals surface area contributed by atoms with E-state index in [1.807, 2.05) is 38.1 Å². The molecule has 0 aliphatic rings. The summed E-state index contributed by atoms with van der Waals surface area (Å²) in [7, 11) is -1.08. The number of anilines is 1. The molecule has 1 atom stereocenters. The Balaban J connectivity index is 2.22. The van der Waals surface area contributed by atoms with E-state index >= 15 is 0 Å². The van der Waals surface area contributed by atoms with Gasteiger partial charge in [0.25, 0.3) is 0 Å². The van der Waals surface area contributed by atoms with Crippen molar-refractivity contribution >= 4 is 16.5 Å². The molecule has 0 fully saturated rings. The highest BCUT2D eigenvalue weighted by atomic mass is 32.2. The van der Waals surface area contributed by atoms with Gasteiger partial charge in [0.1, 0.15) is 0 Å². The number of nitrogens with two attached hydrogens (primary N) is 1. The second kappa shape index (κ2) is 5.31. The van der Waals surface area contributed by atoms with E-state index in [9.17, 15) is 4.21 Å². The van der Waals surface area contributed by atoms with Crippen LogP contribution in [0.2, 0.25) is 0 Å². The third-order valence-corrected chi connectivity index (χ3v) is 4.21. The molecule has 0 aliphatic carbocycles. The molecule has 0 saturated carbocycles. The van der Waals surface area contributed by atoms with Crippen LogP contribution in [0.3, 0.4) is 0 Å². The van der Waals surface area contributed by atoms with Gasteiger partial charge in [-0.2, -0.15) is 0 Å². The van der Waals surface area contributed by atoms with Crippen LogP contribution in [0.4, 0.5) is 5.69 Å². The maximum absolute atomic E-state index is 12.3. The summed E-state index contributed by atoms with van der Waals surface area (Å²) in [4.78, 5) is 5.06. The van der Waals surface area contributed by atoms with E-state index in [0.717, 1.165) is 27.4 Å². The number of aromatic nitrogens is 1. The SMILES string of the molecule is Cc1cc(S(=O)Cc2ncccc2C)ccc1N. The summed E-state index contributed by atoms with van der Waals surface area (Å²) < 4.78 is 12.3. The van der Waals surface area contributed by atoms with E-state index in [-0.39, 0.29) is 0 Å². The minimum atomic E-state index is -1.08. The molecule has 0 amide bonds. The van der Waals surface area contributed by atoms with Crippen molar-refractivity contribution in [2.45, 2.75) is 24.5 Å². The number of hydrogen-bond acceptors (Lipinski definition) is 3. The fraction of sp³-hybridized carbons (Fsp3) is 0.214. The van der Waals surface area contributed by atoms with Crippen molar-refractivity contribution in [3.63, 3.8) is 0 Å². The third kappa shape index (κ3) is 2.76. The Morgan fingerprint density at radius 1 is 1.22 bits per heavy atom. The van der Waals surface area contributed by atoms with Crippen LogP contribution in [0.5, 0.6) is 0 Å². The van der Waals surface area contributed by atoms with Crippen molar-refractivity contribution in [1.29, 1.82) is 0 Å². The van der Waals surface area contributed by atoms with Gasteiger partial charge in [0.15, 0.2) is 0 Å². The molecule has 0 spiro atoms. The maximum atomic E-state index is 12.3. The smallest absolute Gasteiger partial charge is 0.0708 e. The van der Waals surface area contributed by atoms with Gasteiger partial charge in [0, 0.05) is 16.8 Å². The predicted octanol–water partition coefficient (Wildman–Crippen LogP) is 2.59. The summed E-state index contributed by atoms with van der Waals surface area (Å²) in [6.45, 7) is 3.90. The summed E-state index contributed by atoms with van der Waals surface area (Å²) >= 11 is 0. The lowest BCUT2D eigenvalue weighted by atomic mass is 10.2. The number of nitrogens with zero attached hydrogens (tertiary/aromatic N) is 1. The lowest BCUT2D eigenvalue weighted by molar-refractivity contribution is 0.682. The van der Waals surface area contributed by atoms with Crippen molar-refractivity contribution in [3.05, 3.63) is 53.3 Å². The van der Waals surface area contributed by atoms with E-state index < -0.39 is 10.8 Å². The van der Waals surface area contributed by atoms with Crippen LogP contribution in [0.15, 0.2) is 41.4 Å². The van der Waals surface area contributed by atoms with Gasteiger partial charge in [0.05, 0.1) is 22.2 Å². The van der Waals surface area contributed by atoms with Gasteiger partial charge in [-0.05, 0) is 49.2 Å². The molecule has 0 radical (unpaired) electrons. The summed E-state index contributed by atoms with van der Waals surface area (Å²) in [5.41, 5.74) is 9.39. The minimum absolute atomic E-state index is 0.441. The summed E-state index contributed by atoms with van der Waals surface area (Å²) in [5, 5.41) is 0. The Morgan fingerprint density at radius 3 is 2.67 bits per heavy atom. The Kier molecular flexibility index (Phi) is 3.77. The topological polar surface area (TPSA) is 56.0 Å². The molecule has 3 nitrogen and oxygen atoms in total. The summed E-state index contributed by atoms with van der Waals surface area (Å²) in [6, 6.07) is 9.36. The molecular weight excluding hydrogens is 244 g/mol.